The molecule has 4 nitrogen and oxygen atoms in total. The molecule has 15 heavy (non-hydrogen) atoms. The lowest BCUT2D eigenvalue weighted by Crippen LogP contribution is -2.07. The van der Waals surface area contributed by atoms with Crippen molar-refractivity contribution >= 4 is 25.5 Å². The molecule has 0 unspecified atom stereocenters. The molecule has 0 spiro atoms. The van der Waals surface area contributed by atoms with Gasteiger partial charge in [0.2, 0.25) is 0 Å². The Labute approximate surface area is 92.2 Å². The topological polar surface area (TPSA) is 60.4 Å². The van der Waals surface area contributed by atoms with Crippen LogP contribution in [-0.2, 0) is 13.8 Å². The highest BCUT2D eigenvalue weighted by molar-refractivity contribution is 8.13. The SMILES string of the molecule is COCC(=O)c1cccc(S(=O)(=O)Cl)c1. The maximum Gasteiger partial charge on any atom is 0.261 e. The number of methoxy groups -OCH3 is 1. The van der Waals surface area contributed by atoms with Crippen LogP contribution < -0.4 is 0 Å². The van der Waals surface area contributed by atoms with Gasteiger partial charge in [0.25, 0.3) is 9.05 Å². The van der Waals surface area contributed by atoms with Crippen molar-refractivity contribution in [2.75, 3.05) is 13.7 Å². The Balaban J connectivity index is 3.09. The van der Waals surface area contributed by atoms with E-state index in [0.717, 1.165) is 0 Å². The van der Waals surface area contributed by atoms with Crippen molar-refractivity contribution in [1.82, 2.24) is 0 Å². The van der Waals surface area contributed by atoms with Gasteiger partial charge in [-0.2, -0.15) is 0 Å². The van der Waals surface area contributed by atoms with Gasteiger partial charge in [0, 0.05) is 23.4 Å². The molecule has 82 valence electrons. The molecule has 1 rings (SSSR count). The molecule has 0 saturated heterocycles. The van der Waals surface area contributed by atoms with Crippen molar-refractivity contribution in [3.8, 4) is 0 Å². The van der Waals surface area contributed by atoms with Gasteiger partial charge in [-0.1, -0.05) is 12.1 Å². The van der Waals surface area contributed by atoms with E-state index in [0.29, 0.717) is 0 Å². The number of halogens is 1. The normalized spacial score (nSPS) is 11.3. The van der Waals surface area contributed by atoms with Crippen molar-refractivity contribution in [3.05, 3.63) is 29.8 Å². The number of benzene rings is 1. The van der Waals surface area contributed by atoms with Crippen LogP contribution in [0, 0.1) is 0 Å². The molecule has 0 N–H and O–H groups in total. The average Bonchev–Trinajstić information content (AvgIpc) is 2.17. The van der Waals surface area contributed by atoms with Crippen LogP contribution in [-0.4, -0.2) is 27.9 Å². The Morgan fingerprint density at radius 2 is 2.13 bits per heavy atom. The van der Waals surface area contributed by atoms with Gasteiger partial charge < -0.3 is 4.74 Å². The summed E-state index contributed by atoms with van der Waals surface area (Å²) in [4.78, 5) is 11.3. The summed E-state index contributed by atoms with van der Waals surface area (Å²) >= 11 is 0. The fourth-order valence-electron chi connectivity index (χ4n) is 1.04. The molecule has 0 heterocycles. The summed E-state index contributed by atoms with van der Waals surface area (Å²) in [6.07, 6.45) is 0. The van der Waals surface area contributed by atoms with Crippen LogP contribution in [0.4, 0.5) is 0 Å². The van der Waals surface area contributed by atoms with Crippen LogP contribution in [0.2, 0.25) is 0 Å². The summed E-state index contributed by atoms with van der Waals surface area (Å²) < 4.78 is 26.6. The zero-order valence-electron chi connectivity index (χ0n) is 7.94. The second kappa shape index (κ2) is 4.74. The molecular formula is C9H9ClO4S. The Morgan fingerprint density at radius 3 is 2.67 bits per heavy atom. The van der Waals surface area contributed by atoms with Gasteiger partial charge in [0.15, 0.2) is 5.78 Å². The molecule has 0 aromatic heterocycles. The molecule has 0 bridgehead atoms. The van der Waals surface area contributed by atoms with E-state index < -0.39 is 9.05 Å². The van der Waals surface area contributed by atoms with Crippen LogP contribution in [0.25, 0.3) is 0 Å². The second-order valence-electron chi connectivity index (χ2n) is 2.82. The number of carbonyl (C=O) groups is 1. The third kappa shape index (κ3) is 3.30. The monoisotopic (exact) mass is 248 g/mol. The highest BCUT2D eigenvalue weighted by Crippen LogP contribution is 2.16. The first-order valence-corrected chi connectivity index (χ1v) is 6.33. The van der Waals surface area contributed by atoms with Gasteiger partial charge in [-0.25, -0.2) is 8.42 Å². The van der Waals surface area contributed by atoms with E-state index in [1.807, 2.05) is 0 Å². The number of ketones is 1. The summed E-state index contributed by atoms with van der Waals surface area (Å²) in [5, 5.41) is 0. The molecule has 0 aliphatic carbocycles. The molecule has 0 amide bonds. The minimum atomic E-state index is -3.79. The van der Waals surface area contributed by atoms with Crippen LogP contribution >= 0.6 is 10.7 Å². The zero-order valence-corrected chi connectivity index (χ0v) is 9.51. The Bertz CT molecular complexity index is 467. The van der Waals surface area contributed by atoms with Gasteiger partial charge in [-0.15, -0.1) is 0 Å². The predicted octanol–water partition coefficient (Wildman–Crippen LogP) is 1.44. The largest absolute Gasteiger partial charge is 0.377 e. The maximum atomic E-state index is 11.4. The van der Waals surface area contributed by atoms with Crippen LogP contribution in [0.5, 0.6) is 0 Å². The zero-order chi connectivity index (χ0) is 11.5. The molecule has 0 radical (unpaired) electrons. The number of ether oxygens (including phenoxy) is 1. The Kier molecular flexibility index (Phi) is 3.84. The number of hydrogen-bond donors (Lipinski definition) is 0. The molecular weight excluding hydrogens is 240 g/mol. The van der Waals surface area contributed by atoms with Gasteiger partial charge >= 0.3 is 0 Å². The van der Waals surface area contributed by atoms with Crippen molar-refractivity contribution in [2.24, 2.45) is 0 Å². The van der Waals surface area contributed by atoms with Gasteiger partial charge in [-0.3, -0.25) is 4.79 Å². The summed E-state index contributed by atoms with van der Waals surface area (Å²) in [6.45, 7) is -0.0915. The third-order valence-electron chi connectivity index (χ3n) is 1.71. The van der Waals surface area contributed by atoms with E-state index in [9.17, 15) is 13.2 Å². The summed E-state index contributed by atoms with van der Waals surface area (Å²) in [5.41, 5.74) is 0.263. The number of rotatable bonds is 4. The average molecular weight is 249 g/mol. The quantitative estimate of drug-likeness (QED) is 0.598. The van der Waals surface area contributed by atoms with E-state index in [-0.39, 0.29) is 22.8 Å². The molecule has 0 aliphatic heterocycles. The minimum Gasteiger partial charge on any atom is -0.377 e. The van der Waals surface area contributed by atoms with Gasteiger partial charge in [-0.05, 0) is 12.1 Å². The first kappa shape index (κ1) is 12.2. The van der Waals surface area contributed by atoms with Crippen LogP contribution in [0.1, 0.15) is 10.4 Å². The van der Waals surface area contributed by atoms with Crippen molar-refractivity contribution < 1.29 is 17.9 Å². The van der Waals surface area contributed by atoms with E-state index in [2.05, 4.69) is 4.74 Å². The molecule has 6 heteroatoms. The second-order valence-corrected chi connectivity index (χ2v) is 5.39. The number of hydrogen-bond acceptors (Lipinski definition) is 4. The summed E-state index contributed by atoms with van der Waals surface area (Å²) in [6, 6.07) is 5.51. The van der Waals surface area contributed by atoms with Gasteiger partial charge in [0.1, 0.15) is 6.61 Å². The minimum absolute atomic E-state index is 0.0915. The first-order chi connectivity index (χ1) is 6.95. The fraction of sp³-hybridized carbons (Fsp3) is 0.222. The maximum absolute atomic E-state index is 11.4. The highest BCUT2D eigenvalue weighted by Gasteiger charge is 2.12. The van der Waals surface area contributed by atoms with Crippen LogP contribution in [0.3, 0.4) is 0 Å². The Morgan fingerprint density at radius 1 is 1.47 bits per heavy atom. The number of carbonyl (C=O) groups excluding carboxylic acids is 1. The molecule has 1 aromatic rings. The Hall–Kier alpha value is -0.910. The van der Waals surface area contributed by atoms with Crippen molar-refractivity contribution in [1.29, 1.82) is 0 Å². The van der Waals surface area contributed by atoms with Crippen molar-refractivity contribution in [2.45, 2.75) is 4.90 Å². The standard InChI is InChI=1S/C9H9ClO4S/c1-14-6-9(11)7-3-2-4-8(5-7)15(10,12)13/h2-5H,6H2,1H3. The summed E-state index contributed by atoms with van der Waals surface area (Å²) in [7, 11) is 2.74. The molecule has 0 fully saturated rings. The fourth-order valence-corrected chi connectivity index (χ4v) is 1.83. The highest BCUT2D eigenvalue weighted by atomic mass is 35.7. The summed E-state index contributed by atoms with van der Waals surface area (Å²) in [5.74, 6) is -0.292. The molecule has 0 aliphatic rings. The van der Waals surface area contributed by atoms with E-state index >= 15 is 0 Å². The number of Topliss-reactive ketones (excluding diaryl/α,β-unsaturated/α-hetero) is 1. The van der Waals surface area contributed by atoms with E-state index in [1.54, 1.807) is 0 Å². The molecule has 0 saturated carbocycles. The first-order valence-electron chi connectivity index (χ1n) is 4.02. The smallest absolute Gasteiger partial charge is 0.261 e. The lowest BCUT2D eigenvalue weighted by molar-refractivity contribution is 0.0848. The lowest BCUT2D eigenvalue weighted by atomic mass is 10.1. The molecule has 1 aromatic carbocycles. The van der Waals surface area contributed by atoms with Crippen molar-refractivity contribution in [3.63, 3.8) is 0 Å². The van der Waals surface area contributed by atoms with Gasteiger partial charge in [0.05, 0.1) is 4.90 Å². The lowest BCUT2D eigenvalue weighted by Gasteiger charge is -2.01. The van der Waals surface area contributed by atoms with E-state index in [4.69, 9.17) is 10.7 Å². The van der Waals surface area contributed by atoms with E-state index in [1.165, 1.54) is 31.4 Å². The molecule has 0 atom stereocenters. The predicted molar refractivity (Wildman–Crippen MR) is 55.7 cm³/mol. The van der Waals surface area contributed by atoms with Crippen LogP contribution in [0.15, 0.2) is 29.2 Å². The third-order valence-corrected chi connectivity index (χ3v) is 3.06.